The Bertz CT molecular complexity index is 1010. The average molecular weight is 288 g/mol. The number of fused-ring (bicyclic) bond motifs is 3. The van der Waals surface area contributed by atoms with E-state index < -0.39 is 0 Å². The smallest absolute Gasteiger partial charge is 0.0811 e. The molecule has 108 valence electrons. The highest BCUT2D eigenvalue weighted by Crippen LogP contribution is 2.34. The summed E-state index contributed by atoms with van der Waals surface area (Å²) in [5.41, 5.74) is 7.00. The van der Waals surface area contributed by atoms with E-state index in [-0.39, 0.29) is 0 Å². The van der Waals surface area contributed by atoms with Gasteiger partial charge in [0, 0.05) is 5.39 Å². The molecule has 0 fully saturated rings. The molecule has 0 aliphatic carbocycles. The number of hydrogen-bond donors (Lipinski definition) is 4. The second-order valence-electron chi connectivity index (χ2n) is 5.40. The van der Waals surface area contributed by atoms with Gasteiger partial charge in [-0.25, -0.2) is 0 Å². The molecule has 0 aliphatic rings. The summed E-state index contributed by atoms with van der Waals surface area (Å²) in [6.45, 7) is 0. The summed E-state index contributed by atoms with van der Waals surface area (Å²) in [4.78, 5) is 0. The molecule has 0 aliphatic heterocycles. The van der Waals surface area contributed by atoms with Crippen LogP contribution in [-0.4, -0.2) is 0 Å². The largest absolute Gasteiger partial charge is 0.322 e. The number of hydrazine groups is 2. The molecule has 22 heavy (non-hydrogen) atoms. The molecule has 0 saturated carbocycles. The summed E-state index contributed by atoms with van der Waals surface area (Å²) in [5.74, 6) is 11.2. The second kappa shape index (κ2) is 4.87. The van der Waals surface area contributed by atoms with Crippen molar-refractivity contribution in [1.29, 1.82) is 0 Å². The molecule has 4 aromatic rings. The van der Waals surface area contributed by atoms with Crippen LogP contribution in [0.15, 0.2) is 60.7 Å². The molecule has 0 heterocycles. The summed E-state index contributed by atoms with van der Waals surface area (Å²) >= 11 is 0. The Morgan fingerprint density at radius 3 is 1.86 bits per heavy atom. The first kappa shape index (κ1) is 12.9. The van der Waals surface area contributed by atoms with E-state index in [0.717, 1.165) is 22.1 Å². The Labute approximate surface area is 127 Å². The van der Waals surface area contributed by atoms with Crippen molar-refractivity contribution in [3.05, 3.63) is 60.7 Å². The van der Waals surface area contributed by atoms with E-state index in [1.165, 1.54) is 21.5 Å². The van der Waals surface area contributed by atoms with E-state index in [2.05, 4.69) is 59.4 Å². The third-order valence-corrected chi connectivity index (χ3v) is 4.14. The fourth-order valence-electron chi connectivity index (χ4n) is 3.04. The van der Waals surface area contributed by atoms with Gasteiger partial charge in [-0.05, 0) is 57.3 Å². The van der Waals surface area contributed by atoms with Crippen LogP contribution >= 0.6 is 0 Å². The number of rotatable bonds is 2. The Morgan fingerprint density at radius 1 is 0.591 bits per heavy atom. The molecule has 4 heteroatoms. The van der Waals surface area contributed by atoms with Crippen LogP contribution < -0.4 is 22.5 Å². The van der Waals surface area contributed by atoms with Crippen molar-refractivity contribution < 1.29 is 0 Å². The van der Waals surface area contributed by atoms with E-state index in [1.54, 1.807) is 0 Å². The third kappa shape index (κ3) is 1.86. The summed E-state index contributed by atoms with van der Waals surface area (Å²) < 4.78 is 0. The first-order valence-electron chi connectivity index (χ1n) is 7.12. The van der Waals surface area contributed by atoms with Crippen LogP contribution in [0.1, 0.15) is 0 Å². The van der Waals surface area contributed by atoms with Crippen LogP contribution in [0.4, 0.5) is 11.4 Å². The molecule has 4 rings (SSSR count). The first-order valence-corrected chi connectivity index (χ1v) is 7.12. The molecule has 0 radical (unpaired) electrons. The summed E-state index contributed by atoms with van der Waals surface area (Å²) in [6.07, 6.45) is 0. The molecule has 4 aromatic carbocycles. The first-order chi connectivity index (χ1) is 10.8. The molecule has 0 aromatic heterocycles. The Morgan fingerprint density at radius 2 is 1.23 bits per heavy atom. The highest BCUT2D eigenvalue weighted by Gasteiger charge is 2.08. The highest BCUT2D eigenvalue weighted by atomic mass is 15.3. The minimum absolute atomic E-state index is 0.773. The maximum absolute atomic E-state index is 5.68. The lowest BCUT2D eigenvalue weighted by molar-refractivity contribution is 1.31. The maximum atomic E-state index is 5.68. The van der Waals surface area contributed by atoms with Crippen LogP contribution in [0, 0.1) is 0 Å². The fourth-order valence-corrected chi connectivity index (χ4v) is 3.04. The third-order valence-electron chi connectivity index (χ3n) is 4.14. The standard InChI is InChI=1S/C18H16N4/c19-21-17-6-5-13-9-14-7-11-3-1-2-4-12(11)8-15(14)10-16(13)18(17)22-20/h1-10,21-22H,19-20H2. The molecule has 0 saturated heterocycles. The number of nitrogens with one attached hydrogen (secondary N) is 2. The summed E-state index contributed by atoms with van der Waals surface area (Å²) in [7, 11) is 0. The molecule has 0 bridgehead atoms. The zero-order chi connectivity index (χ0) is 15.1. The van der Waals surface area contributed by atoms with Crippen molar-refractivity contribution in [3.8, 4) is 0 Å². The minimum Gasteiger partial charge on any atom is -0.322 e. The molecule has 0 amide bonds. The quantitative estimate of drug-likeness (QED) is 0.258. The van der Waals surface area contributed by atoms with Gasteiger partial charge in [0.1, 0.15) is 0 Å². The van der Waals surface area contributed by atoms with E-state index in [4.69, 9.17) is 11.7 Å². The van der Waals surface area contributed by atoms with Gasteiger partial charge in [0.25, 0.3) is 0 Å². The summed E-state index contributed by atoms with van der Waals surface area (Å²) in [5, 5.41) is 7.02. The number of anilines is 2. The van der Waals surface area contributed by atoms with E-state index >= 15 is 0 Å². The Kier molecular flexibility index (Phi) is 2.85. The van der Waals surface area contributed by atoms with Crippen molar-refractivity contribution in [1.82, 2.24) is 0 Å². The van der Waals surface area contributed by atoms with E-state index in [9.17, 15) is 0 Å². The van der Waals surface area contributed by atoms with Crippen LogP contribution in [0.2, 0.25) is 0 Å². The Balaban J connectivity index is 2.12. The lowest BCUT2D eigenvalue weighted by Gasteiger charge is -2.13. The van der Waals surface area contributed by atoms with Gasteiger partial charge in [-0.15, -0.1) is 0 Å². The van der Waals surface area contributed by atoms with Gasteiger partial charge < -0.3 is 10.9 Å². The number of nitrogens with two attached hydrogens (primary N) is 2. The van der Waals surface area contributed by atoms with Gasteiger partial charge in [-0.2, -0.15) is 0 Å². The monoisotopic (exact) mass is 288 g/mol. The zero-order valence-electron chi connectivity index (χ0n) is 11.9. The van der Waals surface area contributed by atoms with Gasteiger partial charge in [0.05, 0.1) is 11.4 Å². The number of hydrogen-bond acceptors (Lipinski definition) is 4. The van der Waals surface area contributed by atoms with Crippen LogP contribution in [0.5, 0.6) is 0 Å². The molecular weight excluding hydrogens is 272 g/mol. The fraction of sp³-hybridized carbons (Fsp3) is 0. The summed E-state index contributed by atoms with van der Waals surface area (Å²) in [6, 6.07) is 21.1. The van der Waals surface area contributed by atoms with Gasteiger partial charge >= 0.3 is 0 Å². The topological polar surface area (TPSA) is 76.1 Å². The predicted molar refractivity (Wildman–Crippen MR) is 94.6 cm³/mol. The number of nitrogen functional groups attached to an aromatic ring is 2. The minimum atomic E-state index is 0.773. The van der Waals surface area contributed by atoms with Gasteiger partial charge in [0.2, 0.25) is 0 Å². The Hall–Kier alpha value is -2.82. The normalized spacial score (nSPS) is 11.2. The van der Waals surface area contributed by atoms with Crippen molar-refractivity contribution >= 4 is 43.7 Å². The van der Waals surface area contributed by atoms with Crippen LogP contribution in [0.25, 0.3) is 32.3 Å². The van der Waals surface area contributed by atoms with Crippen molar-refractivity contribution in [2.75, 3.05) is 10.9 Å². The zero-order valence-corrected chi connectivity index (χ0v) is 11.9. The lowest BCUT2D eigenvalue weighted by Crippen LogP contribution is -2.14. The van der Waals surface area contributed by atoms with Gasteiger partial charge in [0.15, 0.2) is 0 Å². The lowest BCUT2D eigenvalue weighted by atomic mass is 9.98. The van der Waals surface area contributed by atoms with Crippen LogP contribution in [0.3, 0.4) is 0 Å². The van der Waals surface area contributed by atoms with Gasteiger partial charge in [-0.3, -0.25) is 11.7 Å². The van der Waals surface area contributed by atoms with Crippen LogP contribution in [-0.2, 0) is 0 Å². The van der Waals surface area contributed by atoms with Gasteiger partial charge in [-0.1, -0.05) is 30.3 Å². The average Bonchev–Trinajstić information content (AvgIpc) is 2.57. The molecule has 0 unspecified atom stereocenters. The SMILES string of the molecule is NNc1ccc2cc3cc4ccccc4cc3cc2c1NN. The van der Waals surface area contributed by atoms with Crippen molar-refractivity contribution in [2.45, 2.75) is 0 Å². The number of benzene rings is 4. The van der Waals surface area contributed by atoms with E-state index in [1.807, 2.05) is 12.1 Å². The van der Waals surface area contributed by atoms with Crippen molar-refractivity contribution in [2.24, 2.45) is 11.7 Å². The highest BCUT2D eigenvalue weighted by molar-refractivity contribution is 6.09. The molecule has 0 atom stereocenters. The molecule has 4 nitrogen and oxygen atoms in total. The molecule has 6 N–H and O–H groups in total. The van der Waals surface area contributed by atoms with E-state index in [0.29, 0.717) is 0 Å². The second-order valence-corrected chi connectivity index (χ2v) is 5.40. The molecule has 0 spiro atoms. The molecular formula is C18H16N4. The predicted octanol–water partition coefficient (Wildman–Crippen LogP) is 3.72. The van der Waals surface area contributed by atoms with Crippen molar-refractivity contribution in [3.63, 3.8) is 0 Å². The maximum Gasteiger partial charge on any atom is 0.0811 e.